The van der Waals surface area contributed by atoms with E-state index in [0.717, 1.165) is 5.56 Å². The lowest BCUT2D eigenvalue weighted by molar-refractivity contribution is -0.148. The van der Waals surface area contributed by atoms with Crippen molar-refractivity contribution in [2.24, 2.45) is 0 Å². The summed E-state index contributed by atoms with van der Waals surface area (Å²) in [7, 11) is 0. The van der Waals surface area contributed by atoms with E-state index in [4.69, 9.17) is 18.9 Å². The molecule has 7 heteroatoms. The highest BCUT2D eigenvalue weighted by Gasteiger charge is 2.18. The van der Waals surface area contributed by atoms with E-state index in [1.54, 1.807) is 42.5 Å². The van der Waals surface area contributed by atoms with E-state index in [9.17, 15) is 9.59 Å². The molecule has 0 saturated heterocycles. The van der Waals surface area contributed by atoms with Crippen LogP contribution in [0.25, 0.3) is 6.08 Å². The number of fused-ring (bicyclic) bond motifs is 1. The number of ether oxygens (including phenoxy) is 4. The molecule has 1 heterocycles. The van der Waals surface area contributed by atoms with E-state index in [1.165, 1.54) is 13.0 Å². The van der Waals surface area contributed by atoms with Crippen LogP contribution in [-0.4, -0.2) is 37.8 Å². The zero-order chi connectivity index (χ0) is 20.6. The van der Waals surface area contributed by atoms with Gasteiger partial charge in [-0.25, -0.2) is 4.79 Å². The van der Waals surface area contributed by atoms with Gasteiger partial charge in [-0.05, 0) is 49.8 Å². The quantitative estimate of drug-likeness (QED) is 0.569. The van der Waals surface area contributed by atoms with Gasteiger partial charge >= 0.3 is 5.97 Å². The molecule has 2 aromatic rings. The molecule has 1 unspecified atom stereocenters. The molecule has 1 aliphatic rings. The fourth-order valence-corrected chi connectivity index (χ4v) is 2.68. The molecular formula is C22H23NO6. The number of benzene rings is 2. The van der Waals surface area contributed by atoms with Gasteiger partial charge in [-0.1, -0.05) is 18.2 Å². The topological polar surface area (TPSA) is 83.1 Å². The van der Waals surface area contributed by atoms with Crippen molar-refractivity contribution >= 4 is 23.6 Å². The predicted octanol–water partition coefficient (Wildman–Crippen LogP) is 3.44. The lowest BCUT2D eigenvalue weighted by atomic mass is 10.2. The summed E-state index contributed by atoms with van der Waals surface area (Å²) in [5.41, 5.74) is 1.28. The maximum Gasteiger partial charge on any atom is 0.331 e. The molecular weight excluding hydrogens is 374 g/mol. The maximum absolute atomic E-state index is 12.3. The summed E-state index contributed by atoms with van der Waals surface area (Å²) in [6.07, 6.45) is 1.89. The van der Waals surface area contributed by atoms with E-state index in [0.29, 0.717) is 42.8 Å². The van der Waals surface area contributed by atoms with Crippen LogP contribution in [0, 0.1) is 0 Å². The lowest BCUT2D eigenvalue weighted by Gasteiger charge is -2.18. The van der Waals surface area contributed by atoms with Gasteiger partial charge in [0.25, 0.3) is 5.91 Å². The molecule has 0 bridgehead atoms. The Balaban J connectivity index is 1.56. The van der Waals surface area contributed by atoms with Gasteiger partial charge in [-0.15, -0.1) is 0 Å². The highest BCUT2D eigenvalue weighted by molar-refractivity contribution is 5.97. The third-order valence-electron chi connectivity index (χ3n) is 4.09. The fourth-order valence-electron chi connectivity index (χ4n) is 2.68. The predicted molar refractivity (Wildman–Crippen MR) is 108 cm³/mol. The van der Waals surface area contributed by atoms with Gasteiger partial charge in [-0.3, -0.25) is 4.79 Å². The molecule has 0 aliphatic carbocycles. The normalized spacial score (nSPS) is 13.6. The molecule has 1 aliphatic heterocycles. The van der Waals surface area contributed by atoms with Crippen molar-refractivity contribution in [3.63, 3.8) is 0 Å². The maximum atomic E-state index is 12.3. The summed E-state index contributed by atoms with van der Waals surface area (Å²) in [5.74, 6) is 0.792. The van der Waals surface area contributed by atoms with Crippen molar-refractivity contribution in [3.8, 4) is 17.2 Å². The molecule has 1 amide bonds. The number of esters is 1. The summed E-state index contributed by atoms with van der Waals surface area (Å²) >= 11 is 0. The Bertz CT molecular complexity index is 908. The van der Waals surface area contributed by atoms with Gasteiger partial charge in [0.15, 0.2) is 17.6 Å². The molecule has 0 radical (unpaired) electrons. The molecule has 0 aromatic heterocycles. The molecule has 1 atom stereocenters. The van der Waals surface area contributed by atoms with Crippen LogP contribution in [0.5, 0.6) is 17.2 Å². The van der Waals surface area contributed by atoms with Gasteiger partial charge in [0.05, 0.1) is 12.3 Å². The zero-order valence-electron chi connectivity index (χ0n) is 16.3. The van der Waals surface area contributed by atoms with Gasteiger partial charge in [-0.2, -0.15) is 0 Å². The number of amides is 1. The second-order valence-electron chi connectivity index (χ2n) is 6.23. The van der Waals surface area contributed by atoms with Crippen LogP contribution in [0.4, 0.5) is 5.69 Å². The van der Waals surface area contributed by atoms with E-state index in [2.05, 4.69) is 5.32 Å². The number of rotatable bonds is 7. The zero-order valence-corrected chi connectivity index (χ0v) is 16.3. The summed E-state index contributed by atoms with van der Waals surface area (Å²) in [5, 5.41) is 2.71. The summed E-state index contributed by atoms with van der Waals surface area (Å²) in [4.78, 5) is 24.4. The van der Waals surface area contributed by atoms with Gasteiger partial charge in [0.2, 0.25) is 0 Å². The minimum Gasteiger partial charge on any atom is -0.492 e. The largest absolute Gasteiger partial charge is 0.492 e. The van der Waals surface area contributed by atoms with E-state index < -0.39 is 18.0 Å². The van der Waals surface area contributed by atoms with E-state index in [-0.39, 0.29) is 0 Å². The molecule has 0 fully saturated rings. The molecule has 7 nitrogen and oxygen atoms in total. The van der Waals surface area contributed by atoms with Crippen LogP contribution in [0.3, 0.4) is 0 Å². The van der Waals surface area contributed by atoms with Crippen molar-refractivity contribution in [1.29, 1.82) is 0 Å². The Kier molecular flexibility index (Phi) is 6.73. The lowest BCUT2D eigenvalue weighted by Crippen LogP contribution is -2.29. The fraction of sp³-hybridized carbons (Fsp3) is 0.273. The third-order valence-corrected chi connectivity index (χ3v) is 4.09. The van der Waals surface area contributed by atoms with Gasteiger partial charge < -0.3 is 24.3 Å². The second kappa shape index (κ2) is 9.64. The number of nitrogens with one attached hydrogen (secondary N) is 1. The van der Waals surface area contributed by atoms with Crippen LogP contribution in [-0.2, 0) is 14.3 Å². The molecule has 152 valence electrons. The van der Waals surface area contributed by atoms with Crippen LogP contribution in [0.2, 0.25) is 0 Å². The first-order valence-corrected chi connectivity index (χ1v) is 9.38. The first kappa shape index (κ1) is 20.3. The van der Waals surface area contributed by atoms with Crippen molar-refractivity contribution in [3.05, 3.63) is 54.1 Å². The minimum absolute atomic E-state index is 0.446. The van der Waals surface area contributed by atoms with Gasteiger partial charge in [0, 0.05) is 6.08 Å². The van der Waals surface area contributed by atoms with Crippen LogP contribution in [0.15, 0.2) is 48.5 Å². The first-order chi connectivity index (χ1) is 14.1. The van der Waals surface area contributed by atoms with Crippen molar-refractivity contribution < 1.29 is 28.5 Å². The smallest absolute Gasteiger partial charge is 0.331 e. The number of carbonyl (C=O) groups excluding carboxylic acids is 2. The summed E-state index contributed by atoms with van der Waals surface area (Å²) in [6, 6.07) is 12.4. The Morgan fingerprint density at radius 2 is 1.90 bits per heavy atom. The monoisotopic (exact) mass is 397 g/mol. The second-order valence-corrected chi connectivity index (χ2v) is 6.23. The molecule has 0 spiro atoms. The van der Waals surface area contributed by atoms with E-state index >= 15 is 0 Å². The highest BCUT2D eigenvalue weighted by atomic mass is 16.6. The molecule has 29 heavy (non-hydrogen) atoms. The average Bonchev–Trinajstić information content (AvgIpc) is 2.73. The van der Waals surface area contributed by atoms with Gasteiger partial charge in [0.1, 0.15) is 19.0 Å². The standard InChI is InChI=1S/C22H23NO6/c1-3-26-18-7-5-4-6-17(18)23-22(25)15(2)29-21(24)11-9-16-8-10-19-20(14-16)28-13-12-27-19/h4-11,14-15H,3,12-13H2,1-2H3,(H,23,25)/b11-9+. The highest BCUT2D eigenvalue weighted by Crippen LogP contribution is 2.31. The number of anilines is 1. The van der Waals surface area contributed by atoms with Crippen LogP contribution < -0.4 is 19.5 Å². The molecule has 0 saturated carbocycles. The molecule has 2 aromatic carbocycles. The van der Waals surface area contributed by atoms with E-state index in [1.807, 2.05) is 13.0 Å². The van der Waals surface area contributed by atoms with Crippen LogP contribution >= 0.6 is 0 Å². The third kappa shape index (κ3) is 5.51. The number of hydrogen-bond donors (Lipinski definition) is 1. The summed E-state index contributed by atoms with van der Waals surface area (Å²) < 4.78 is 21.6. The first-order valence-electron chi connectivity index (χ1n) is 9.38. The van der Waals surface area contributed by atoms with Crippen molar-refractivity contribution in [2.45, 2.75) is 20.0 Å². The van der Waals surface area contributed by atoms with Crippen molar-refractivity contribution in [1.82, 2.24) is 0 Å². The Morgan fingerprint density at radius 1 is 1.14 bits per heavy atom. The Hall–Kier alpha value is -3.48. The molecule has 1 N–H and O–H groups in total. The Morgan fingerprint density at radius 3 is 2.69 bits per heavy atom. The summed E-state index contributed by atoms with van der Waals surface area (Å²) in [6.45, 7) is 4.85. The number of carbonyl (C=O) groups is 2. The SMILES string of the molecule is CCOc1ccccc1NC(=O)C(C)OC(=O)/C=C/c1ccc2c(c1)OCCO2. The number of para-hydroxylation sites is 2. The number of hydrogen-bond acceptors (Lipinski definition) is 6. The molecule has 3 rings (SSSR count). The minimum atomic E-state index is -0.970. The van der Waals surface area contributed by atoms with Crippen LogP contribution in [0.1, 0.15) is 19.4 Å². The van der Waals surface area contributed by atoms with Crippen molar-refractivity contribution in [2.75, 3.05) is 25.1 Å². The average molecular weight is 397 g/mol. The Labute approximate surface area is 169 Å².